The first kappa shape index (κ1) is 22.8. The molecule has 0 aliphatic rings. The number of pyridine rings is 1. The van der Waals surface area contributed by atoms with Crippen molar-refractivity contribution in [3.63, 3.8) is 0 Å². The van der Waals surface area contributed by atoms with E-state index in [9.17, 15) is 0 Å². The van der Waals surface area contributed by atoms with Crippen LogP contribution in [0, 0.1) is 12.4 Å². The maximum atomic E-state index is 4.92. The maximum Gasteiger partial charge on any atom is 0.268 e. The zero-order chi connectivity index (χ0) is 22.7. The van der Waals surface area contributed by atoms with E-state index in [0.29, 0.717) is 0 Å². The normalized spacial score (nSPS) is 10.6. The van der Waals surface area contributed by atoms with Gasteiger partial charge in [-0.2, -0.15) is 30.3 Å². The molecule has 0 atom stereocenters. The van der Waals surface area contributed by atoms with E-state index in [1.807, 2.05) is 48.5 Å². The summed E-state index contributed by atoms with van der Waals surface area (Å²) in [5, 5.41) is 2.34. The summed E-state index contributed by atoms with van der Waals surface area (Å²) in [6.07, 6.45) is 7.02. The molecule has 7 rings (SSSR count). The van der Waals surface area contributed by atoms with E-state index in [2.05, 4.69) is 87.2 Å². The van der Waals surface area contributed by atoms with Crippen LogP contribution in [0.4, 0.5) is 0 Å². The molecule has 4 aromatic carbocycles. The van der Waals surface area contributed by atoms with Crippen LogP contribution in [0.2, 0.25) is 0 Å². The van der Waals surface area contributed by atoms with Gasteiger partial charge in [0.2, 0.25) is 0 Å². The van der Waals surface area contributed by atoms with Crippen LogP contribution in [-0.2, 0) is 21.1 Å². The Labute approximate surface area is 217 Å². The predicted molar refractivity (Wildman–Crippen MR) is 135 cm³/mol. The number of hydrogen-bond acceptors (Lipinski definition) is 1. The second-order valence-electron chi connectivity index (χ2n) is 7.83. The largest absolute Gasteiger partial charge is 0.660 e. The van der Waals surface area contributed by atoms with Crippen LogP contribution in [0.3, 0.4) is 0 Å². The van der Waals surface area contributed by atoms with Gasteiger partial charge in [-0.15, -0.1) is 11.0 Å². The van der Waals surface area contributed by atoms with Crippen molar-refractivity contribution in [2.45, 2.75) is 0 Å². The molecule has 0 bridgehead atoms. The quantitative estimate of drug-likeness (QED) is 0.177. The molecule has 0 saturated carbocycles. The molecule has 4 nitrogen and oxygen atoms in total. The first-order valence-electron chi connectivity index (χ1n) is 11.1. The van der Waals surface area contributed by atoms with Crippen molar-refractivity contribution in [2.24, 2.45) is 0 Å². The SMILES string of the molecule is [Pt].[c-]1ccccc1-n1[c-][n+](-c2cccc3c2[n-]c2ccccc23)c2ccccc21.c1ccncc1. The first-order chi connectivity index (χ1) is 16.9. The van der Waals surface area contributed by atoms with Gasteiger partial charge in [0.05, 0.1) is 16.7 Å². The summed E-state index contributed by atoms with van der Waals surface area (Å²) < 4.78 is 4.15. The average Bonchev–Trinajstić information content (AvgIpc) is 3.50. The first-order valence-corrected chi connectivity index (χ1v) is 11.1. The van der Waals surface area contributed by atoms with Gasteiger partial charge in [-0.05, 0) is 28.6 Å². The van der Waals surface area contributed by atoms with Crippen LogP contribution in [0.1, 0.15) is 0 Å². The van der Waals surface area contributed by atoms with Crippen LogP contribution >= 0.6 is 0 Å². The molecule has 35 heavy (non-hydrogen) atoms. The third-order valence-electron chi connectivity index (χ3n) is 5.75. The number of hydrogen-bond donors (Lipinski definition) is 0. The fraction of sp³-hybridized carbons (Fsp3) is 0. The zero-order valence-corrected chi connectivity index (χ0v) is 20.9. The molecule has 0 aliphatic carbocycles. The minimum Gasteiger partial charge on any atom is -0.660 e. The van der Waals surface area contributed by atoms with Crippen molar-refractivity contribution in [1.82, 2.24) is 14.5 Å². The molecule has 0 unspecified atom stereocenters. The average molecular weight is 632 g/mol. The summed E-state index contributed by atoms with van der Waals surface area (Å²) in [5.41, 5.74) is 6.16. The molecule has 0 aliphatic heterocycles. The third kappa shape index (κ3) is 4.29. The van der Waals surface area contributed by atoms with Crippen LogP contribution < -0.4 is 9.55 Å². The maximum absolute atomic E-state index is 4.92. The van der Waals surface area contributed by atoms with Crippen molar-refractivity contribution in [1.29, 1.82) is 0 Å². The molecule has 0 radical (unpaired) electrons. The molecule has 0 fully saturated rings. The molecule has 5 heteroatoms. The van der Waals surface area contributed by atoms with E-state index in [4.69, 9.17) is 4.98 Å². The predicted octanol–water partition coefficient (Wildman–Crippen LogP) is 5.85. The Kier molecular flexibility index (Phi) is 6.56. The second-order valence-corrected chi connectivity index (χ2v) is 7.83. The summed E-state index contributed by atoms with van der Waals surface area (Å²) in [6, 6.07) is 39.9. The minimum atomic E-state index is 0. The minimum absolute atomic E-state index is 0. The van der Waals surface area contributed by atoms with E-state index in [-0.39, 0.29) is 21.1 Å². The van der Waals surface area contributed by atoms with Gasteiger partial charge >= 0.3 is 0 Å². The van der Waals surface area contributed by atoms with Crippen molar-refractivity contribution in [3.05, 3.63) is 134 Å². The van der Waals surface area contributed by atoms with E-state index < -0.39 is 0 Å². The Hall–Kier alpha value is -4.01. The van der Waals surface area contributed by atoms with Crippen molar-refractivity contribution >= 4 is 32.8 Å². The number of fused-ring (bicyclic) bond motifs is 4. The van der Waals surface area contributed by atoms with E-state index in [1.165, 1.54) is 5.39 Å². The van der Waals surface area contributed by atoms with Crippen molar-refractivity contribution < 1.29 is 25.6 Å². The van der Waals surface area contributed by atoms with Gasteiger partial charge in [-0.3, -0.25) is 9.55 Å². The fourth-order valence-electron chi connectivity index (χ4n) is 4.22. The molecule has 3 aromatic heterocycles. The van der Waals surface area contributed by atoms with Crippen LogP contribution in [0.25, 0.3) is 44.2 Å². The summed E-state index contributed by atoms with van der Waals surface area (Å²) in [5.74, 6) is 0. The topological polar surface area (TPSA) is 35.8 Å². The molecule has 0 spiro atoms. The monoisotopic (exact) mass is 631 g/mol. The number of para-hydroxylation sites is 5. The van der Waals surface area contributed by atoms with Gasteiger partial charge in [0, 0.05) is 33.5 Å². The van der Waals surface area contributed by atoms with E-state index in [0.717, 1.165) is 38.8 Å². The summed E-state index contributed by atoms with van der Waals surface area (Å²) >= 11 is 0. The van der Waals surface area contributed by atoms with E-state index >= 15 is 0 Å². The Morgan fingerprint density at radius 2 is 1.49 bits per heavy atom. The molecule has 0 N–H and O–H groups in total. The number of benzene rings is 4. The summed E-state index contributed by atoms with van der Waals surface area (Å²) in [6.45, 7) is 0. The van der Waals surface area contributed by atoms with Gasteiger partial charge in [0.15, 0.2) is 0 Å². The van der Waals surface area contributed by atoms with Gasteiger partial charge in [-0.25, -0.2) is 0 Å². The molecule has 0 saturated heterocycles. The standard InChI is InChI=1S/C25H15N3.C5H5N.Pt/c1-2-9-18(10-3-1)27-17-28(23-15-7-6-14-22(23)27)24-16-8-12-20-19-11-4-5-13-21(19)26-25(20)24;1-2-4-6-5-3-1;/h1-9,11-16H;1-5H;/q-2;;. The number of rotatable bonds is 2. The summed E-state index contributed by atoms with van der Waals surface area (Å²) in [7, 11) is 0. The van der Waals surface area contributed by atoms with Crippen LogP contribution in [0.15, 0.2) is 122 Å². The van der Waals surface area contributed by atoms with Gasteiger partial charge in [0.25, 0.3) is 6.33 Å². The Bertz CT molecular complexity index is 1680. The van der Waals surface area contributed by atoms with E-state index in [1.54, 1.807) is 12.4 Å². The molecular formula is C30H20N4Pt-2. The third-order valence-corrected chi connectivity index (χ3v) is 5.75. The number of aromatic nitrogens is 4. The van der Waals surface area contributed by atoms with Crippen LogP contribution in [0.5, 0.6) is 0 Å². The number of nitrogens with zero attached hydrogens (tertiary/aromatic N) is 4. The Morgan fingerprint density at radius 3 is 2.26 bits per heavy atom. The van der Waals surface area contributed by atoms with Crippen molar-refractivity contribution in [2.75, 3.05) is 0 Å². The van der Waals surface area contributed by atoms with Gasteiger partial charge in [-0.1, -0.05) is 72.8 Å². The van der Waals surface area contributed by atoms with Crippen LogP contribution in [-0.4, -0.2) is 9.55 Å². The Balaban J connectivity index is 0.000000320. The van der Waals surface area contributed by atoms with Gasteiger partial charge in [0.1, 0.15) is 0 Å². The summed E-state index contributed by atoms with van der Waals surface area (Å²) in [4.78, 5) is 8.71. The van der Waals surface area contributed by atoms with Gasteiger partial charge < -0.3 is 9.55 Å². The molecule has 0 amide bonds. The molecule has 7 aromatic rings. The molecule has 172 valence electrons. The molecule has 3 heterocycles. The Morgan fingerprint density at radius 1 is 0.714 bits per heavy atom. The van der Waals surface area contributed by atoms with Crippen molar-refractivity contribution in [3.8, 4) is 11.4 Å². The second kappa shape index (κ2) is 10.1. The zero-order valence-electron chi connectivity index (χ0n) is 18.7. The number of imidazole rings is 1. The molecular weight excluding hydrogens is 611 g/mol. The smallest absolute Gasteiger partial charge is 0.268 e. The fourth-order valence-corrected chi connectivity index (χ4v) is 4.22.